The van der Waals surface area contributed by atoms with Crippen LogP contribution in [0.5, 0.6) is 0 Å². The van der Waals surface area contributed by atoms with E-state index in [1.807, 2.05) is 4.90 Å². The molecule has 0 atom stereocenters. The van der Waals surface area contributed by atoms with Crippen LogP contribution in [0.1, 0.15) is 16.2 Å². The monoisotopic (exact) mass is 552 g/mol. The molecule has 2 fully saturated rings. The molecule has 3 aromatic rings. The third kappa shape index (κ3) is 5.35. The lowest BCUT2D eigenvalue weighted by Crippen LogP contribution is -2.49. The fourth-order valence-electron chi connectivity index (χ4n) is 4.19. The average Bonchev–Trinajstić information content (AvgIpc) is 3.45. The molecule has 2 aliphatic heterocycles. The molecule has 5 rings (SSSR count). The third-order valence-corrected chi connectivity index (χ3v) is 8.19. The topological polar surface area (TPSA) is 122 Å². The van der Waals surface area contributed by atoms with Crippen LogP contribution in [0.15, 0.2) is 52.0 Å². The smallest absolute Gasteiger partial charge is 0.379 e. The van der Waals surface area contributed by atoms with Crippen molar-refractivity contribution in [2.75, 3.05) is 57.4 Å². The Morgan fingerprint density at radius 1 is 0.921 bits per heavy atom. The zero-order chi connectivity index (χ0) is 26.9. The molecule has 0 aliphatic carbocycles. The Balaban J connectivity index is 1.18. The van der Waals surface area contributed by atoms with Crippen LogP contribution in [0.4, 0.5) is 19.0 Å². The number of morpholine rings is 1. The number of alkyl halides is 3. The SMILES string of the molecule is O=C(c1ccc(S(=O)(=O)N2CCOCC2)cc1)N1CCN(c2ccc(-c3noc(C(F)(F)F)n3)cn2)CC1. The predicted molar refractivity (Wildman–Crippen MR) is 127 cm³/mol. The lowest BCUT2D eigenvalue weighted by molar-refractivity contribution is -0.159. The van der Waals surface area contributed by atoms with E-state index in [0.717, 1.165) is 0 Å². The van der Waals surface area contributed by atoms with Gasteiger partial charge in [0.2, 0.25) is 15.8 Å². The van der Waals surface area contributed by atoms with Gasteiger partial charge >= 0.3 is 12.1 Å². The number of aromatic nitrogens is 3. The van der Waals surface area contributed by atoms with Crippen LogP contribution in [0, 0.1) is 0 Å². The molecule has 0 bridgehead atoms. The van der Waals surface area contributed by atoms with Gasteiger partial charge in [-0.3, -0.25) is 4.79 Å². The van der Waals surface area contributed by atoms with Crippen molar-refractivity contribution in [2.45, 2.75) is 11.1 Å². The van der Waals surface area contributed by atoms with Crippen molar-refractivity contribution in [1.82, 2.24) is 24.3 Å². The quantitative estimate of drug-likeness (QED) is 0.469. The number of halogens is 3. The van der Waals surface area contributed by atoms with Gasteiger partial charge in [0.05, 0.1) is 18.1 Å². The minimum absolute atomic E-state index is 0.130. The number of sulfonamides is 1. The van der Waals surface area contributed by atoms with Gasteiger partial charge in [0, 0.05) is 56.6 Å². The van der Waals surface area contributed by atoms with Gasteiger partial charge in [0.15, 0.2) is 0 Å². The van der Waals surface area contributed by atoms with Gasteiger partial charge in [-0.1, -0.05) is 5.16 Å². The number of nitrogens with zero attached hydrogens (tertiary/aromatic N) is 6. The van der Waals surface area contributed by atoms with Crippen LogP contribution in [-0.2, 0) is 20.9 Å². The lowest BCUT2D eigenvalue weighted by atomic mass is 10.2. The normalized spacial score (nSPS) is 17.6. The van der Waals surface area contributed by atoms with E-state index in [0.29, 0.717) is 63.9 Å². The van der Waals surface area contributed by atoms with Gasteiger partial charge in [0.25, 0.3) is 5.91 Å². The number of carbonyl (C=O) groups excluding carboxylic acids is 1. The molecular formula is C23H23F3N6O5S. The van der Waals surface area contributed by atoms with E-state index < -0.39 is 22.1 Å². The van der Waals surface area contributed by atoms with Crippen molar-refractivity contribution >= 4 is 21.7 Å². The Labute approximate surface area is 215 Å². The summed E-state index contributed by atoms with van der Waals surface area (Å²) in [7, 11) is -3.64. The molecular weight excluding hydrogens is 529 g/mol. The first-order valence-corrected chi connectivity index (χ1v) is 13.2. The largest absolute Gasteiger partial charge is 0.471 e. The van der Waals surface area contributed by atoms with Crippen LogP contribution in [-0.4, -0.2) is 91.1 Å². The second-order valence-electron chi connectivity index (χ2n) is 8.65. The summed E-state index contributed by atoms with van der Waals surface area (Å²) < 4.78 is 74.5. The Morgan fingerprint density at radius 2 is 1.61 bits per heavy atom. The summed E-state index contributed by atoms with van der Waals surface area (Å²) in [5.74, 6) is -1.25. The van der Waals surface area contributed by atoms with Crippen molar-refractivity contribution in [2.24, 2.45) is 0 Å². The van der Waals surface area contributed by atoms with Crippen LogP contribution in [0.2, 0.25) is 0 Å². The van der Waals surface area contributed by atoms with E-state index in [4.69, 9.17) is 4.74 Å². The maximum Gasteiger partial charge on any atom is 0.471 e. The summed E-state index contributed by atoms with van der Waals surface area (Å²) in [6, 6.07) is 9.12. The molecule has 11 nitrogen and oxygen atoms in total. The number of benzene rings is 1. The number of rotatable bonds is 5. The number of hydrogen-bond acceptors (Lipinski definition) is 9. The zero-order valence-corrected chi connectivity index (χ0v) is 20.8. The Morgan fingerprint density at radius 3 is 2.18 bits per heavy atom. The van der Waals surface area contributed by atoms with Gasteiger partial charge in [-0.25, -0.2) is 13.4 Å². The second kappa shape index (κ2) is 10.3. The number of pyridine rings is 1. The third-order valence-electron chi connectivity index (χ3n) is 6.27. The molecule has 1 amide bonds. The molecule has 15 heteroatoms. The van der Waals surface area contributed by atoms with Crippen molar-refractivity contribution < 1.29 is 35.6 Å². The predicted octanol–water partition coefficient (Wildman–Crippen LogP) is 2.13. The summed E-state index contributed by atoms with van der Waals surface area (Å²) in [6.45, 7) is 3.09. The second-order valence-corrected chi connectivity index (χ2v) is 10.6. The number of amides is 1. The van der Waals surface area contributed by atoms with Gasteiger partial charge in [-0.05, 0) is 36.4 Å². The first kappa shape index (κ1) is 26.1. The molecule has 0 N–H and O–H groups in total. The van der Waals surface area contributed by atoms with Gasteiger partial charge < -0.3 is 19.1 Å². The van der Waals surface area contributed by atoms with E-state index in [9.17, 15) is 26.4 Å². The maximum atomic E-state index is 13.0. The molecule has 202 valence electrons. The first-order chi connectivity index (χ1) is 18.1. The Kier molecular flexibility index (Phi) is 7.07. The van der Waals surface area contributed by atoms with E-state index in [1.54, 1.807) is 17.0 Å². The molecule has 2 saturated heterocycles. The fourth-order valence-corrected chi connectivity index (χ4v) is 5.60. The Hall–Kier alpha value is -3.56. The molecule has 0 spiro atoms. The van der Waals surface area contributed by atoms with Crippen LogP contribution in [0.25, 0.3) is 11.4 Å². The highest BCUT2D eigenvalue weighted by Crippen LogP contribution is 2.29. The standard InChI is InChI=1S/C23H23F3N6O5S/c24-23(25,26)22-28-20(29-37-22)17-3-6-19(27-15-17)30-7-9-31(10-8-30)21(33)16-1-4-18(5-2-16)38(34,35)32-11-13-36-14-12-32/h1-6,15H,7-14H2. The molecule has 1 aromatic carbocycles. The van der Waals surface area contributed by atoms with Gasteiger partial charge in [-0.15, -0.1) is 0 Å². The van der Waals surface area contributed by atoms with E-state index in [2.05, 4.69) is 19.6 Å². The van der Waals surface area contributed by atoms with Crippen molar-refractivity contribution in [3.05, 3.63) is 54.0 Å². The highest BCUT2D eigenvalue weighted by Gasteiger charge is 2.38. The summed E-state index contributed by atoms with van der Waals surface area (Å²) in [4.78, 5) is 24.4. The molecule has 2 aromatic heterocycles. The number of anilines is 1. The summed E-state index contributed by atoms with van der Waals surface area (Å²) >= 11 is 0. The number of hydrogen-bond donors (Lipinski definition) is 0. The van der Waals surface area contributed by atoms with E-state index in [1.165, 1.54) is 34.8 Å². The molecule has 0 radical (unpaired) electrons. The average molecular weight is 553 g/mol. The van der Waals surface area contributed by atoms with Crippen molar-refractivity contribution in [3.8, 4) is 11.4 Å². The highest BCUT2D eigenvalue weighted by atomic mass is 32.2. The summed E-state index contributed by atoms with van der Waals surface area (Å²) in [5, 5.41) is 3.35. The zero-order valence-electron chi connectivity index (χ0n) is 20.0. The minimum Gasteiger partial charge on any atom is -0.379 e. The number of carbonyl (C=O) groups is 1. The first-order valence-electron chi connectivity index (χ1n) is 11.7. The maximum absolute atomic E-state index is 13.0. The van der Waals surface area contributed by atoms with E-state index >= 15 is 0 Å². The van der Waals surface area contributed by atoms with Gasteiger partial charge in [0.1, 0.15) is 5.82 Å². The van der Waals surface area contributed by atoms with Crippen molar-refractivity contribution in [3.63, 3.8) is 0 Å². The number of ether oxygens (including phenoxy) is 1. The molecule has 0 saturated carbocycles. The molecule has 38 heavy (non-hydrogen) atoms. The Bertz CT molecular complexity index is 1380. The lowest BCUT2D eigenvalue weighted by Gasteiger charge is -2.35. The van der Waals surface area contributed by atoms with Gasteiger partial charge in [-0.2, -0.15) is 22.5 Å². The van der Waals surface area contributed by atoms with Crippen LogP contribution >= 0.6 is 0 Å². The fraction of sp³-hybridized carbons (Fsp3) is 0.391. The molecule has 0 unspecified atom stereocenters. The van der Waals surface area contributed by atoms with E-state index in [-0.39, 0.29) is 22.2 Å². The highest BCUT2D eigenvalue weighted by molar-refractivity contribution is 7.89. The summed E-state index contributed by atoms with van der Waals surface area (Å²) in [5.41, 5.74) is 0.668. The van der Waals surface area contributed by atoms with Crippen LogP contribution < -0.4 is 4.90 Å². The molecule has 4 heterocycles. The molecule has 2 aliphatic rings. The van der Waals surface area contributed by atoms with Crippen molar-refractivity contribution in [1.29, 1.82) is 0 Å². The summed E-state index contributed by atoms with van der Waals surface area (Å²) in [6.07, 6.45) is -3.36. The minimum atomic E-state index is -4.72. The van der Waals surface area contributed by atoms with Crippen LogP contribution in [0.3, 0.4) is 0 Å². The number of piperazine rings is 1.